The van der Waals surface area contributed by atoms with Crippen molar-refractivity contribution in [3.63, 3.8) is 0 Å². The third-order valence-corrected chi connectivity index (χ3v) is 2.83. The summed E-state index contributed by atoms with van der Waals surface area (Å²) in [4.78, 5) is 21.1. The Balaban J connectivity index is 3.06. The fourth-order valence-electron chi connectivity index (χ4n) is 1.61. The predicted molar refractivity (Wildman–Crippen MR) is 67.9 cm³/mol. The molecule has 0 saturated heterocycles. The molecule has 0 aliphatic carbocycles. The van der Waals surface area contributed by atoms with Gasteiger partial charge in [0, 0.05) is 6.07 Å². The number of benzene rings is 1. The molecule has 6 heteroatoms. The lowest BCUT2D eigenvalue weighted by molar-refractivity contribution is -0.384. The normalized spacial score (nSPS) is 11.8. The summed E-state index contributed by atoms with van der Waals surface area (Å²) in [5.41, 5.74) is 0.230. The van der Waals surface area contributed by atoms with Gasteiger partial charge in [-0.05, 0) is 24.5 Å². The van der Waals surface area contributed by atoms with E-state index >= 15 is 0 Å². The standard InChI is InChI=1S/C12H12ClNO4/c1-2-3-4-9(12(15)16)8-5-6-11(14(17)18)10(13)7-8/h2,5-7,9H,1,3-4H2,(H,15,16). The zero-order valence-corrected chi connectivity index (χ0v) is 10.3. The number of allylic oxidation sites excluding steroid dienone is 1. The van der Waals surface area contributed by atoms with Crippen molar-refractivity contribution in [1.29, 1.82) is 0 Å². The van der Waals surface area contributed by atoms with E-state index < -0.39 is 16.8 Å². The first kappa shape index (κ1) is 14.2. The van der Waals surface area contributed by atoms with Gasteiger partial charge in [-0.1, -0.05) is 23.7 Å². The second-order valence-electron chi connectivity index (χ2n) is 3.72. The molecule has 0 aromatic heterocycles. The molecule has 0 radical (unpaired) electrons. The van der Waals surface area contributed by atoms with Crippen molar-refractivity contribution in [1.82, 2.24) is 0 Å². The molecule has 1 rings (SSSR count). The molecule has 18 heavy (non-hydrogen) atoms. The Labute approximate surface area is 109 Å². The molecule has 0 aliphatic heterocycles. The Bertz CT molecular complexity index is 487. The second-order valence-corrected chi connectivity index (χ2v) is 4.13. The Morgan fingerprint density at radius 2 is 2.28 bits per heavy atom. The van der Waals surface area contributed by atoms with Gasteiger partial charge in [0.2, 0.25) is 0 Å². The highest BCUT2D eigenvalue weighted by atomic mass is 35.5. The van der Waals surface area contributed by atoms with Gasteiger partial charge in [-0.25, -0.2) is 0 Å². The van der Waals surface area contributed by atoms with Gasteiger partial charge < -0.3 is 5.11 Å². The van der Waals surface area contributed by atoms with Crippen molar-refractivity contribution in [2.75, 3.05) is 0 Å². The number of halogens is 1. The quantitative estimate of drug-likeness (QED) is 0.488. The van der Waals surface area contributed by atoms with Crippen molar-refractivity contribution in [2.45, 2.75) is 18.8 Å². The highest BCUT2D eigenvalue weighted by Gasteiger charge is 2.22. The average molecular weight is 270 g/mol. The topological polar surface area (TPSA) is 80.4 Å². The highest BCUT2D eigenvalue weighted by molar-refractivity contribution is 6.32. The van der Waals surface area contributed by atoms with Crippen LogP contribution in [-0.4, -0.2) is 16.0 Å². The van der Waals surface area contributed by atoms with Gasteiger partial charge in [0.25, 0.3) is 5.69 Å². The molecular formula is C12H12ClNO4. The Morgan fingerprint density at radius 1 is 1.61 bits per heavy atom. The van der Waals surface area contributed by atoms with E-state index in [0.29, 0.717) is 18.4 Å². The zero-order chi connectivity index (χ0) is 13.7. The highest BCUT2D eigenvalue weighted by Crippen LogP contribution is 2.30. The van der Waals surface area contributed by atoms with Crippen molar-refractivity contribution in [3.05, 3.63) is 51.6 Å². The molecule has 0 bridgehead atoms. The summed E-state index contributed by atoms with van der Waals surface area (Å²) in [6.45, 7) is 3.53. The molecule has 1 N–H and O–H groups in total. The third-order valence-electron chi connectivity index (χ3n) is 2.53. The number of carboxylic acid groups (broad SMARTS) is 1. The lowest BCUT2D eigenvalue weighted by atomic mass is 9.94. The van der Waals surface area contributed by atoms with E-state index in [2.05, 4.69) is 6.58 Å². The van der Waals surface area contributed by atoms with Gasteiger partial charge >= 0.3 is 5.97 Å². The monoisotopic (exact) mass is 269 g/mol. The summed E-state index contributed by atoms with van der Waals surface area (Å²) in [6.07, 6.45) is 2.56. The van der Waals surface area contributed by atoms with E-state index in [4.69, 9.17) is 16.7 Å². The predicted octanol–water partition coefficient (Wildman–Crippen LogP) is 3.38. The largest absolute Gasteiger partial charge is 0.481 e. The van der Waals surface area contributed by atoms with Crippen molar-refractivity contribution in [3.8, 4) is 0 Å². The minimum Gasteiger partial charge on any atom is -0.481 e. The molecule has 1 unspecified atom stereocenters. The molecule has 5 nitrogen and oxygen atoms in total. The molecule has 1 aromatic rings. The minimum absolute atomic E-state index is 0.0534. The van der Waals surface area contributed by atoms with Gasteiger partial charge in [0.15, 0.2) is 0 Å². The molecule has 0 aliphatic rings. The van der Waals surface area contributed by atoms with Crippen LogP contribution in [-0.2, 0) is 4.79 Å². The van der Waals surface area contributed by atoms with E-state index in [1.807, 2.05) is 0 Å². The number of nitrogens with zero attached hydrogens (tertiary/aromatic N) is 1. The fraction of sp³-hybridized carbons (Fsp3) is 0.250. The molecule has 0 saturated carbocycles. The van der Waals surface area contributed by atoms with Crippen LogP contribution in [0.3, 0.4) is 0 Å². The fourth-order valence-corrected chi connectivity index (χ4v) is 1.86. The number of rotatable bonds is 6. The van der Waals surface area contributed by atoms with Crippen LogP contribution in [0.2, 0.25) is 5.02 Å². The number of hydrogen-bond donors (Lipinski definition) is 1. The van der Waals surface area contributed by atoms with Crippen LogP contribution in [0.15, 0.2) is 30.9 Å². The van der Waals surface area contributed by atoms with E-state index in [1.54, 1.807) is 6.08 Å². The smallest absolute Gasteiger partial charge is 0.310 e. The molecule has 1 atom stereocenters. The van der Waals surface area contributed by atoms with E-state index in [1.165, 1.54) is 18.2 Å². The molecule has 96 valence electrons. The van der Waals surface area contributed by atoms with E-state index in [0.717, 1.165) is 0 Å². The number of aliphatic carboxylic acids is 1. The number of carbonyl (C=O) groups is 1. The van der Waals surface area contributed by atoms with E-state index in [9.17, 15) is 14.9 Å². The molecule has 0 fully saturated rings. The SMILES string of the molecule is C=CCCC(C(=O)O)c1ccc([N+](=O)[O-])c(Cl)c1. The maximum absolute atomic E-state index is 11.1. The molecule has 0 heterocycles. The molecule has 0 spiro atoms. The van der Waals surface area contributed by atoms with Crippen LogP contribution >= 0.6 is 11.6 Å². The Hall–Kier alpha value is -1.88. The van der Waals surface area contributed by atoms with Crippen LogP contribution in [0.4, 0.5) is 5.69 Å². The summed E-state index contributed by atoms with van der Waals surface area (Å²) >= 11 is 5.75. The van der Waals surface area contributed by atoms with E-state index in [-0.39, 0.29) is 10.7 Å². The first-order chi connectivity index (χ1) is 8.47. The van der Waals surface area contributed by atoms with Gasteiger partial charge in [-0.2, -0.15) is 0 Å². The van der Waals surface area contributed by atoms with Gasteiger partial charge in [-0.15, -0.1) is 6.58 Å². The third kappa shape index (κ3) is 3.30. The summed E-state index contributed by atoms with van der Waals surface area (Å²) in [6, 6.07) is 3.98. The summed E-state index contributed by atoms with van der Waals surface area (Å²) in [5, 5.41) is 19.7. The average Bonchev–Trinajstić information content (AvgIpc) is 2.28. The van der Waals surface area contributed by atoms with Gasteiger partial charge in [0.1, 0.15) is 5.02 Å². The lowest BCUT2D eigenvalue weighted by Gasteiger charge is -2.11. The molecular weight excluding hydrogens is 258 g/mol. The van der Waals surface area contributed by atoms with Crippen LogP contribution in [0.25, 0.3) is 0 Å². The molecule has 0 amide bonds. The maximum Gasteiger partial charge on any atom is 0.310 e. The number of nitro groups is 1. The maximum atomic E-state index is 11.1. The number of nitro benzene ring substituents is 1. The minimum atomic E-state index is -0.984. The van der Waals surface area contributed by atoms with Crippen molar-refractivity contribution < 1.29 is 14.8 Å². The van der Waals surface area contributed by atoms with Crippen LogP contribution in [0.5, 0.6) is 0 Å². The van der Waals surface area contributed by atoms with Crippen molar-refractivity contribution in [2.24, 2.45) is 0 Å². The number of hydrogen-bond acceptors (Lipinski definition) is 3. The van der Waals surface area contributed by atoms with Gasteiger partial charge in [0.05, 0.1) is 10.8 Å². The molecule has 1 aromatic carbocycles. The van der Waals surface area contributed by atoms with Crippen LogP contribution in [0, 0.1) is 10.1 Å². The number of carboxylic acids is 1. The Morgan fingerprint density at radius 3 is 2.72 bits per heavy atom. The van der Waals surface area contributed by atoms with Gasteiger partial charge in [-0.3, -0.25) is 14.9 Å². The second kappa shape index (κ2) is 6.16. The zero-order valence-electron chi connectivity index (χ0n) is 9.51. The summed E-state index contributed by atoms with van der Waals surface area (Å²) in [5.74, 6) is -1.72. The van der Waals surface area contributed by atoms with Crippen LogP contribution in [0.1, 0.15) is 24.3 Å². The Kier molecular flexibility index (Phi) is 4.85. The first-order valence-electron chi connectivity index (χ1n) is 5.25. The lowest BCUT2D eigenvalue weighted by Crippen LogP contribution is -2.11. The van der Waals surface area contributed by atoms with Crippen LogP contribution < -0.4 is 0 Å². The first-order valence-corrected chi connectivity index (χ1v) is 5.62. The summed E-state index contributed by atoms with van der Waals surface area (Å²) < 4.78 is 0. The van der Waals surface area contributed by atoms with Crippen molar-refractivity contribution >= 4 is 23.3 Å². The summed E-state index contributed by atoms with van der Waals surface area (Å²) in [7, 11) is 0.